The van der Waals surface area contributed by atoms with Crippen molar-refractivity contribution in [3.8, 4) is 0 Å². The van der Waals surface area contributed by atoms with E-state index in [-0.39, 0.29) is 29.5 Å². The van der Waals surface area contributed by atoms with Gasteiger partial charge in [0.2, 0.25) is 0 Å². The summed E-state index contributed by atoms with van der Waals surface area (Å²) in [5.41, 5.74) is 1.15. The van der Waals surface area contributed by atoms with Crippen LogP contribution in [-0.2, 0) is 18.3 Å². The van der Waals surface area contributed by atoms with E-state index in [2.05, 4.69) is 46.4 Å². The normalized spacial score (nSPS) is 16.6. The Morgan fingerprint density at radius 3 is 2.62 bits per heavy atom. The summed E-state index contributed by atoms with van der Waals surface area (Å²) in [6.45, 7) is 12.5. The largest absolute Gasteiger partial charge is 0.379 e. The van der Waals surface area contributed by atoms with E-state index in [0.717, 1.165) is 51.0 Å². The molecular weight excluding hydrogens is 419 g/mol. The fourth-order valence-electron chi connectivity index (χ4n) is 2.64. The number of hydrogen-bond donors (Lipinski definition) is 2. The molecule has 138 valence electrons. The molecule has 24 heavy (non-hydrogen) atoms. The number of aryl methyl sites for hydroxylation is 1. The number of nitrogens with one attached hydrogen (secondary N) is 2. The zero-order valence-electron chi connectivity index (χ0n) is 15.2. The summed E-state index contributed by atoms with van der Waals surface area (Å²) in [5.74, 6) is 0.843. The summed E-state index contributed by atoms with van der Waals surface area (Å²) in [7, 11) is 1.94. The van der Waals surface area contributed by atoms with Crippen LogP contribution < -0.4 is 10.6 Å². The molecule has 7 nitrogen and oxygen atoms in total. The Labute approximate surface area is 162 Å². The fraction of sp³-hybridized carbons (Fsp3) is 0.750. The third-order valence-electron chi connectivity index (χ3n) is 4.22. The van der Waals surface area contributed by atoms with Crippen molar-refractivity contribution in [2.24, 2.45) is 12.0 Å². The highest BCUT2D eigenvalue weighted by Gasteiger charge is 2.28. The number of nitrogens with zero attached hydrogens (tertiary/aromatic N) is 4. The molecule has 0 aromatic carbocycles. The lowest BCUT2D eigenvalue weighted by atomic mass is 10.0. The molecule has 1 aromatic heterocycles. The van der Waals surface area contributed by atoms with Gasteiger partial charge in [0.25, 0.3) is 0 Å². The molecule has 0 radical (unpaired) electrons. The lowest BCUT2D eigenvalue weighted by molar-refractivity contribution is -0.00834. The minimum Gasteiger partial charge on any atom is -0.379 e. The van der Waals surface area contributed by atoms with E-state index >= 15 is 0 Å². The standard InChI is InChI=1S/C16H30N6O.HI/c1-5-17-15(18-12-14-6-7-20-21(14)4)19-13-16(2,3)22-8-10-23-11-9-22;/h6-7H,5,8-13H2,1-4H3,(H2,17,18,19);1H. The van der Waals surface area contributed by atoms with Crippen molar-refractivity contribution in [2.45, 2.75) is 32.9 Å². The van der Waals surface area contributed by atoms with Crippen molar-refractivity contribution < 1.29 is 4.74 Å². The summed E-state index contributed by atoms with van der Waals surface area (Å²) < 4.78 is 7.30. The average Bonchev–Trinajstić information content (AvgIpc) is 2.96. The molecule has 2 heterocycles. The predicted molar refractivity (Wildman–Crippen MR) is 108 cm³/mol. The number of morpholine rings is 1. The van der Waals surface area contributed by atoms with Crippen LogP contribution in [0, 0.1) is 0 Å². The average molecular weight is 450 g/mol. The van der Waals surface area contributed by atoms with Crippen LogP contribution in [0.5, 0.6) is 0 Å². The van der Waals surface area contributed by atoms with Crippen LogP contribution >= 0.6 is 24.0 Å². The topological polar surface area (TPSA) is 66.7 Å². The predicted octanol–water partition coefficient (Wildman–Crippen LogP) is 1.20. The highest BCUT2D eigenvalue weighted by molar-refractivity contribution is 14.0. The highest BCUT2D eigenvalue weighted by Crippen LogP contribution is 2.15. The molecule has 0 amide bonds. The smallest absolute Gasteiger partial charge is 0.191 e. The molecule has 1 aliphatic heterocycles. The minimum atomic E-state index is 0. The summed E-state index contributed by atoms with van der Waals surface area (Å²) in [5, 5.41) is 10.9. The van der Waals surface area contributed by atoms with Crippen LogP contribution in [0.2, 0.25) is 0 Å². The number of rotatable bonds is 6. The molecule has 1 aromatic rings. The van der Waals surface area contributed by atoms with Crippen molar-refractivity contribution >= 4 is 29.9 Å². The summed E-state index contributed by atoms with van der Waals surface area (Å²) in [6.07, 6.45) is 1.80. The van der Waals surface area contributed by atoms with Gasteiger partial charge in [-0.05, 0) is 26.8 Å². The van der Waals surface area contributed by atoms with Crippen molar-refractivity contribution in [1.82, 2.24) is 25.3 Å². The van der Waals surface area contributed by atoms with E-state index in [4.69, 9.17) is 4.74 Å². The molecule has 0 bridgehead atoms. The number of aliphatic imine (C=N–C) groups is 1. The molecule has 1 saturated heterocycles. The maximum Gasteiger partial charge on any atom is 0.191 e. The number of guanidine groups is 1. The Hall–Kier alpha value is -0.870. The summed E-state index contributed by atoms with van der Waals surface area (Å²) >= 11 is 0. The van der Waals surface area contributed by atoms with E-state index in [0.29, 0.717) is 6.54 Å². The Morgan fingerprint density at radius 1 is 1.33 bits per heavy atom. The van der Waals surface area contributed by atoms with Crippen molar-refractivity contribution in [1.29, 1.82) is 0 Å². The SMILES string of the molecule is CCNC(=NCc1ccnn1C)NCC(C)(C)N1CCOCC1.I. The second-order valence-electron chi connectivity index (χ2n) is 6.41. The van der Waals surface area contributed by atoms with Gasteiger partial charge >= 0.3 is 0 Å². The summed E-state index contributed by atoms with van der Waals surface area (Å²) in [6, 6.07) is 1.99. The monoisotopic (exact) mass is 450 g/mol. The third-order valence-corrected chi connectivity index (χ3v) is 4.22. The molecule has 1 aliphatic rings. The van der Waals surface area contributed by atoms with Gasteiger partial charge in [-0.1, -0.05) is 0 Å². The lowest BCUT2D eigenvalue weighted by Gasteiger charge is -2.41. The molecule has 8 heteroatoms. The van der Waals surface area contributed by atoms with Crippen LogP contribution in [0.1, 0.15) is 26.5 Å². The van der Waals surface area contributed by atoms with Gasteiger partial charge < -0.3 is 15.4 Å². The number of halogens is 1. The molecule has 0 aliphatic carbocycles. The summed E-state index contributed by atoms with van der Waals surface area (Å²) in [4.78, 5) is 7.12. The van der Waals surface area contributed by atoms with E-state index < -0.39 is 0 Å². The zero-order valence-corrected chi connectivity index (χ0v) is 17.5. The van der Waals surface area contributed by atoms with Crippen LogP contribution in [0.25, 0.3) is 0 Å². The van der Waals surface area contributed by atoms with Crippen molar-refractivity contribution in [3.63, 3.8) is 0 Å². The molecule has 0 atom stereocenters. The fourth-order valence-corrected chi connectivity index (χ4v) is 2.64. The van der Waals surface area contributed by atoms with Crippen LogP contribution in [0.4, 0.5) is 0 Å². The van der Waals surface area contributed by atoms with Gasteiger partial charge in [0.1, 0.15) is 0 Å². The van der Waals surface area contributed by atoms with Gasteiger partial charge in [-0.2, -0.15) is 5.10 Å². The number of ether oxygens (including phenoxy) is 1. The second-order valence-corrected chi connectivity index (χ2v) is 6.41. The van der Waals surface area contributed by atoms with Gasteiger partial charge in [0.15, 0.2) is 5.96 Å². The molecule has 0 spiro atoms. The Morgan fingerprint density at radius 2 is 2.04 bits per heavy atom. The van der Waals surface area contributed by atoms with Crippen LogP contribution in [0.15, 0.2) is 17.3 Å². The van der Waals surface area contributed by atoms with Gasteiger partial charge in [0.05, 0.1) is 25.5 Å². The maximum atomic E-state index is 5.44. The maximum absolute atomic E-state index is 5.44. The van der Waals surface area contributed by atoms with Gasteiger partial charge in [-0.15, -0.1) is 24.0 Å². The first-order valence-electron chi connectivity index (χ1n) is 8.35. The second kappa shape index (κ2) is 10.2. The minimum absolute atomic E-state index is 0. The Kier molecular flexibility index (Phi) is 8.99. The molecule has 0 unspecified atom stereocenters. The molecule has 1 fully saturated rings. The first kappa shape index (κ1) is 21.2. The molecule has 2 rings (SSSR count). The van der Waals surface area contributed by atoms with Gasteiger partial charge in [-0.25, -0.2) is 4.99 Å². The van der Waals surface area contributed by atoms with Gasteiger partial charge in [-0.3, -0.25) is 9.58 Å². The quantitative estimate of drug-likeness (QED) is 0.388. The first-order chi connectivity index (χ1) is 11.0. The molecular formula is C16H31IN6O. The lowest BCUT2D eigenvalue weighted by Crippen LogP contribution is -2.56. The molecule has 0 saturated carbocycles. The zero-order chi connectivity index (χ0) is 16.7. The third kappa shape index (κ3) is 6.21. The van der Waals surface area contributed by atoms with Crippen LogP contribution in [0.3, 0.4) is 0 Å². The van der Waals surface area contributed by atoms with Crippen LogP contribution in [-0.4, -0.2) is 65.6 Å². The van der Waals surface area contributed by atoms with E-state index in [9.17, 15) is 0 Å². The highest BCUT2D eigenvalue weighted by atomic mass is 127. The number of hydrogen-bond acceptors (Lipinski definition) is 4. The molecule has 2 N–H and O–H groups in total. The Balaban J connectivity index is 0.00000288. The van der Waals surface area contributed by atoms with E-state index in [1.165, 1.54) is 0 Å². The van der Waals surface area contributed by atoms with E-state index in [1.54, 1.807) is 6.20 Å². The van der Waals surface area contributed by atoms with Crippen molar-refractivity contribution in [2.75, 3.05) is 39.4 Å². The first-order valence-corrected chi connectivity index (χ1v) is 8.35. The Bertz CT molecular complexity index is 510. The van der Waals surface area contributed by atoms with Gasteiger partial charge in [0, 0.05) is 45.0 Å². The van der Waals surface area contributed by atoms with Crippen molar-refractivity contribution in [3.05, 3.63) is 18.0 Å². The number of aromatic nitrogens is 2. The van der Waals surface area contributed by atoms with E-state index in [1.807, 2.05) is 17.8 Å².